The molecule has 0 atom stereocenters. The highest BCUT2D eigenvalue weighted by Gasteiger charge is 2.13. The van der Waals surface area contributed by atoms with Crippen molar-refractivity contribution in [2.24, 2.45) is 0 Å². The van der Waals surface area contributed by atoms with E-state index in [1.807, 2.05) is 5.98 Å². The van der Waals surface area contributed by atoms with Gasteiger partial charge in [0.25, 0.3) is 6.13 Å². The Bertz CT molecular complexity index is 293. The molecule has 2 heteroatoms. The molecule has 0 N–H and O–H groups in total. The van der Waals surface area contributed by atoms with Crippen molar-refractivity contribution in [2.75, 3.05) is 0 Å². The van der Waals surface area contributed by atoms with Crippen LogP contribution in [0, 0.1) is 0 Å². The molecule has 0 spiro atoms. The second kappa shape index (κ2) is 2.75. The molecule has 54 valence electrons. The third-order valence-corrected chi connectivity index (χ3v) is 2.25. The number of benzene rings is 1. The molecule has 2 rings (SSSR count). The van der Waals surface area contributed by atoms with Crippen LogP contribution in [0.5, 0.6) is 0 Å². The van der Waals surface area contributed by atoms with E-state index in [0.717, 1.165) is 6.32 Å². The fraction of sp³-hybridized carbons (Fsp3) is 0.111. The van der Waals surface area contributed by atoms with E-state index in [1.165, 1.54) is 11.1 Å². The van der Waals surface area contributed by atoms with Crippen molar-refractivity contribution in [3.63, 3.8) is 0 Å². The smallest absolute Gasteiger partial charge is 0.189 e. The molecular weight excluding hydrogens is 154 g/mol. The van der Waals surface area contributed by atoms with Crippen LogP contribution in [0.15, 0.2) is 30.2 Å². The molecule has 0 amide bonds. The van der Waals surface area contributed by atoms with Gasteiger partial charge in [-0.25, -0.2) is 0 Å². The topological polar surface area (TPSA) is 0 Å². The monoisotopic (exact) mass is 162 g/mol. The highest BCUT2D eigenvalue weighted by molar-refractivity contribution is 7.09. The molecule has 0 bridgehead atoms. The lowest BCUT2D eigenvalue weighted by Crippen LogP contribution is -2.10. The maximum Gasteiger partial charge on any atom is 0.280 e. The molecule has 1 aromatic carbocycles. The SMILES string of the molecule is ClB1C=Cc2ccccc2C1. The minimum Gasteiger partial charge on any atom is -0.189 e. The molecular formula is C9H8BCl. The second-order valence-electron chi connectivity index (χ2n) is 2.78. The molecule has 1 aliphatic rings. The fourth-order valence-corrected chi connectivity index (χ4v) is 1.61. The lowest BCUT2D eigenvalue weighted by atomic mass is 9.66. The van der Waals surface area contributed by atoms with Gasteiger partial charge < -0.3 is 0 Å². The largest absolute Gasteiger partial charge is 0.280 e. The van der Waals surface area contributed by atoms with Gasteiger partial charge in [-0.1, -0.05) is 36.3 Å². The van der Waals surface area contributed by atoms with E-state index >= 15 is 0 Å². The summed E-state index contributed by atoms with van der Waals surface area (Å²) in [5.74, 6) is 2.05. The number of halogens is 1. The van der Waals surface area contributed by atoms with Gasteiger partial charge in [0.15, 0.2) is 0 Å². The average Bonchev–Trinajstić information content (AvgIpc) is 2.04. The van der Waals surface area contributed by atoms with Crippen LogP contribution < -0.4 is 0 Å². The van der Waals surface area contributed by atoms with Crippen LogP contribution >= 0.6 is 11.5 Å². The van der Waals surface area contributed by atoms with Crippen LogP contribution in [-0.4, -0.2) is 6.13 Å². The summed E-state index contributed by atoms with van der Waals surface area (Å²) in [6.45, 7) is 0. The molecule has 0 saturated carbocycles. The summed E-state index contributed by atoms with van der Waals surface area (Å²) >= 11 is 5.96. The first-order valence-electron chi connectivity index (χ1n) is 3.76. The summed E-state index contributed by atoms with van der Waals surface area (Å²) in [4.78, 5) is 0. The number of hydrogen-bond donors (Lipinski definition) is 0. The first-order valence-corrected chi connectivity index (χ1v) is 4.20. The van der Waals surface area contributed by atoms with Gasteiger partial charge in [-0.3, -0.25) is 0 Å². The van der Waals surface area contributed by atoms with Crippen molar-refractivity contribution in [3.8, 4) is 0 Å². The third kappa shape index (κ3) is 1.34. The molecule has 0 saturated heterocycles. The zero-order valence-corrected chi connectivity index (χ0v) is 6.88. The van der Waals surface area contributed by atoms with E-state index in [0.29, 0.717) is 0 Å². The highest BCUT2D eigenvalue weighted by Crippen LogP contribution is 2.19. The van der Waals surface area contributed by atoms with Crippen molar-refractivity contribution in [1.29, 1.82) is 0 Å². The van der Waals surface area contributed by atoms with Crippen molar-refractivity contribution in [3.05, 3.63) is 41.4 Å². The van der Waals surface area contributed by atoms with E-state index in [2.05, 4.69) is 30.3 Å². The lowest BCUT2D eigenvalue weighted by Gasteiger charge is -2.10. The Morgan fingerprint density at radius 3 is 3.00 bits per heavy atom. The molecule has 0 unspecified atom stereocenters. The Hall–Kier alpha value is -0.685. The van der Waals surface area contributed by atoms with Crippen LogP contribution in [0.3, 0.4) is 0 Å². The standard InChI is InChI=1S/C9H8BCl/c11-10-6-5-8-3-1-2-4-9(8)7-10/h1-6H,7H2. The Morgan fingerprint density at radius 2 is 2.09 bits per heavy atom. The molecule has 1 heterocycles. The summed E-state index contributed by atoms with van der Waals surface area (Å²) in [5.41, 5.74) is 2.67. The maximum absolute atomic E-state index is 5.96. The van der Waals surface area contributed by atoms with E-state index in [9.17, 15) is 0 Å². The van der Waals surface area contributed by atoms with E-state index in [4.69, 9.17) is 11.5 Å². The quantitative estimate of drug-likeness (QED) is 0.514. The van der Waals surface area contributed by atoms with Gasteiger partial charge in [0.1, 0.15) is 0 Å². The molecule has 0 aromatic heterocycles. The summed E-state index contributed by atoms with van der Waals surface area (Å²) in [7, 11) is 0. The van der Waals surface area contributed by atoms with Crippen LogP contribution in [0.1, 0.15) is 11.1 Å². The molecule has 1 aliphatic heterocycles. The van der Waals surface area contributed by atoms with Crippen LogP contribution in [0.25, 0.3) is 6.08 Å². The first kappa shape index (κ1) is 6.99. The molecule has 11 heavy (non-hydrogen) atoms. The van der Waals surface area contributed by atoms with Crippen molar-refractivity contribution < 1.29 is 0 Å². The van der Waals surface area contributed by atoms with E-state index < -0.39 is 0 Å². The molecule has 0 aliphatic carbocycles. The Labute approximate surface area is 71.9 Å². The van der Waals surface area contributed by atoms with Gasteiger partial charge in [0.05, 0.1) is 0 Å². The number of fused-ring (bicyclic) bond motifs is 1. The number of rotatable bonds is 0. The summed E-state index contributed by atoms with van der Waals surface area (Å²) < 4.78 is 0. The van der Waals surface area contributed by atoms with Crippen molar-refractivity contribution >= 4 is 23.7 Å². The van der Waals surface area contributed by atoms with Crippen LogP contribution in [0.4, 0.5) is 0 Å². The Morgan fingerprint density at radius 1 is 1.27 bits per heavy atom. The summed E-state index contributed by atoms with van der Waals surface area (Å²) in [6, 6.07) is 8.36. The Kier molecular flexibility index (Phi) is 1.75. The summed E-state index contributed by atoms with van der Waals surface area (Å²) in [6.07, 6.45) is 3.25. The highest BCUT2D eigenvalue weighted by atomic mass is 35.5. The van der Waals surface area contributed by atoms with Gasteiger partial charge in [0, 0.05) is 0 Å². The predicted octanol–water partition coefficient (Wildman–Crippen LogP) is 2.56. The van der Waals surface area contributed by atoms with Gasteiger partial charge >= 0.3 is 0 Å². The third-order valence-electron chi connectivity index (χ3n) is 1.95. The van der Waals surface area contributed by atoms with Gasteiger partial charge in [-0.2, -0.15) is 11.5 Å². The summed E-state index contributed by atoms with van der Waals surface area (Å²) in [5, 5.41) is 0. The average molecular weight is 162 g/mol. The normalized spacial score (nSPS) is 14.8. The van der Waals surface area contributed by atoms with Crippen LogP contribution in [0.2, 0.25) is 0 Å². The first-order chi connectivity index (χ1) is 5.36. The second-order valence-corrected chi connectivity index (χ2v) is 3.34. The van der Waals surface area contributed by atoms with Crippen LogP contribution in [-0.2, 0) is 6.32 Å². The lowest BCUT2D eigenvalue weighted by molar-refractivity contribution is 1.35. The minimum atomic E-state index is 0.185. The van der Waals surface area contributed by atoms with Gasteiger partial charge in [-0.05, 0) is 17.4 Å². The van der Waals surface area contributed by atoms with Crippen molar-refractivity contribution in [1.82, 2.24) is 0 Å². The zero-order chi connectivity index (χ0) is 7.68. The molecule has 0 nitrogen and oxygen atoms in total. The zero-order valence-electron chi connectivity index (χ0n) is 6.13. The number of hydrogen-bond acceptors (Lipinski definition) is 0. The van der Waals surface area contributed by atoms with Gasteiger partial charge in [0.2, 0.25) is 0 Å². The van der Waals surface area contributed by atoms with E-state index in [1.54, 1.807) is 0 Å². The minimum absolute atomic E-state index is 0.185. The molecule has 0 fully saturated rings. The van der Waals surface area contributed by atoms with Crippen molar-refractivity contribution in [2.45, 2.75) is 6.32 Å². The van der Waals surface area contributed by atoms with Gasteiger partial charge in [-0.15, -0.1) is 0 Å². The molecule has 0 radical (unpaired) electrons. The molecule has 1 aromatic rings. The fourth-order valence-electron chi connectivity index (χ4n) is 1.37. The Balaban J connectivity index is 2.46. The maximum atomic E-state index is 5.96. The van der Waals surface area contributed by atoms with E-state index in [-0.39, 0.29) is 6.13 Å². The predicted molar refractivity (Wildman–Crippen MR) is 50.8 cm³/mol.